The summed E-state index contributed by atoms with van der Waals surface area (Å²) in [5.41, 5.74) is 0.890. The van der Waals surface area contributed by atoms with Gasteiger partial charge in [0.15, 0.2) is 11.9 Å². The van der Waals surface area contributed by atoms with Crippen LogP contribution in [0.3, 0.4) is 0 Å². The number of aliphatic hydroxyl groups excluding tert-OH is 2. The summed E-state index contributed by atoms with van der Waals surface area (Å²) in [6.45, 7) is 2.93. The van der Waals surface area contributed by atoms with Gasteiger partial charge in [-0.25, -0.2) is 0 Å². The molecule has 0 fully saturated rings. The smallest absolute Gasteiger partial charge is 0.170 e. The number of hydrogen-bond acceptors (Lipinski definition) is 5. The predicted molar refractivity (Wildman–Crippen MR) is 59.4 cm³/mol. The number of ketones is 1. The van der Waals surface area contributed by atoms with Gasteiger partial charge in [0.2, 0.25) is 0 Å². The zero-order chi connectivity index (χ0) is 13.2. The highest BCUT2D eigenvalue weighted by molar-refractivity contribution is 5.97. The fraction of sp³-hybridized carbons (Fsp3) is 0.333. The van der Waals surface area contributed by atoms with E-state index >= 15 is 0 Å². The number of carbonyl (C=O) groups excluding carboxylic acids is 1. The molecule has 5 nitrogen and oxygen atoms in total. The van der Waals surface area contributed by atoms with Gasteiger partial charge >= 0.3 is 0 Å². The van der Waals surface area contributed by atoms with Crippen molar-refractivity contribution in [3.05, 3.63) is 28.8 Å². The Balaban J connectivity index is 3.26. The van der Waals surface area contributed by atoms with Crippen LogP contribution in [0.25, 0.3) is 0 Å². The minimum Gasteiger partial charge on any atom is -0.507 e. The summed E-state index contributed by atoms with van der Waals surface area (Å²) >= 11 is 0. The molecular weight excluding hydrogens is 222 g/mol. The second kappa shape index (κ2) is 4.95. The van der Waals surface area contributed by atoms with Crippen LogP contribution in [0.2, 0.25) is 0 Å². The highest BCUT2D eigenvalue weighted by Crippen LogP contribution is 2.28. The van der Waals surface area contributed by atoms with Gasteiger partial charge in [0.1, 0.15) is 11.9 Å². The molecule has 0 aliphatic heterocycles. The van der Waals surface area contributed by atoms with Crippen molar-refractivity contribution < 1.29 is 20.1 Å². The van der Waals surface area contributed by atoms with E-state index < -0.39 is 12.2 Å². The number of nitrogens with zero attached hydrogens (tertiary/aromatic N) is 1. The van der Waals surface area contributed by atoms with E-state index in [0.717, 1.165) is 0 Å². The van der Waals surface area contributed by atoms with E-state index in [-0.39, 0.29) is 22.7 Å². The van der Waals surface area contributed by atoms with Gasteiger partial charge in [0.25, 0.3) is 0 Å². The van der Waals surface area contributed by atoms with E-state index in [1.54, 1.807) is 6.92 Å². The largest absolute Gasteiger partial charge is 0.507 e. The van der Waals surface area contributed by atoms with Crippen molar-refractivity contribution in [1.82, 2.24) is 0 Å². The molecule has 17 heavy (non-hydrogen) atoms. The molecule has 2 unspecified atom stereocenters. The fourth-order valence-corrected chi connectivity index (χ4v) is 1.55. The van der Waals surface area contributed by atoms with Gasteiger partial charge < -0.3 is 15.3 Å². The second-order valence-electron chi connectivity index (χ2n) is 3.80. The van der Waals surface area contributed by atoms with Crippen LogP contribution in [-0.4, -0.2) is 27.2 Å². The van der Waals surface area contributed by atoms with Crippen molar-refractivity contribution in [2.75, 3.05) is 0 Å². The Kier molecular flexibility index (Phi) is 3.84. The van der Waals surface area contributed by atoms with Gasteiger partial charge in [-0.1, -0.05) is 0 Å². The van der Waals surface area contributed by atoms with E-state index in [9.17, 15) is 20.1 Å². The Morgan fingerprint density at radius 1 is 1.41 bits per heavy atom. The molecule has 90 valence electrons. The van der Waals surface area contributed by atoms with Crippen LogP contribution in [0.1, 0.15) is 34.5 Å². The minimum atomic E-state index is -1.57. The molecule has 5 heteroatoms. The number of Topliss-reactive ketones (excluding diaryl/α,β-unsaturated/α-hetero) is 1. The molecule has 1 aromatic rings. The van der Waals surface area contributed by atoms with E-state index in [2.05, 4.69) is 0 Å². The molecule has 0 radical (unpaired) electrons. The van der Waals surface area contributed by atoms with Crippen molar-refractivity contribution in [3.8, 4) is 11.8 Å². The summed E-state index contributed by atoms with van der Waals surface area (Å²) in [6.07, 6.45) is -2.98. The zero-order valence-corrected chi connectivity index (χ0v) is 9.51. The normalized spacial score (nSPS) is 13.8. The van der Waals surface area contributed by atoms with Crippen LogP contribution < -0.4 is 0 Å². The lowest BCUT2D eigenvalue weighted by Gasteiger charge is -2.16. The van der Waals surface area contributed by atoms with Gasteiger partial charge in [-0.3, -0.25) is 4.79 Å². The first-order chi connectivity index (χ1) is 7.88. The van der Waals surface area contributed by atoms with Crippen molar-refractivity contribution in [2.45, 2.75) is 26.1 Å². The molecule has 0 amide bonds. The first-order valence-electron chi connectivity index (χ1n) is 4.98. The van der Waals surface area contributed by atoms with E-state index in [1.807, 2.05) is 0 Å². The molecule has 2 atom stereocenters. The van der Waals surface area contributed by atoms with Crippen molar-refractivity contribution >= 4 is 5.78 Å². The molecule has 0 saturated heterocycles. The maximum atomic E-state index is 11.2. The van der Waals surface area contributed by atoms with Crippen LogP contribution in [0.4, 0.5) is 0 Å². The van der Waals surface area contributed by atoms with Gasteiger partial charge in [0, 0.05) is 0 Å². The Morgan fingerprint density at radius 3 is 2.47 bits per heavy atom. The number of carbonyl (C=O) groups is 1. The highest BCUT2D eigenvalue weighted by Gasteiger charge is 2.21. The molecule has 3 N–H and O–H groups in total. The number of aryl methyl sites for hydroxylation is 1. The number of hydrogen-bond donors (Lipinski definition) is 3. The summed E-state index contributed by atoms with van der Waals surface area (Å²) < 4.78 is 0. The first kappa shape index (κ1) is 13.2. The zero-order valence-electron chi connectivity index (χ0n) is 9.51. The predicted octanol–water partition coefficient (Wildman–Crippen LogP) is 0.821. The quantitative estimate of drug-likeness (QED) is 0.531. The lowest BCUT2D eigenvalue weighted by atomic mass is 9.96. The van der Waals surface area contributed by atoms with Crippen molar-refractivity contribution in [2.24, 2.45) is 0 Å². The van der Waals surface area contributed by atoms with E-state index in [1.165, 1.54) is 25.1 Å². The maximum Gasteiger partial charge on any atom is 0.170 e. The Bertz CT molecular complexity index is 490. The summed E-state index contributed by atoms with van der Waals surface area (Å²) in [7, 11) is 0. The third-order valence-corrected chi connectivity index (χ3v) is 2.51. The average molecular weight is 235 g/mol. The van der Waals surface area contributed by atoms with Crippen LogP contribution >= 0.6 is 0 Å². The molecule has 1 rings (SSSR count). The molecule has 0 aliphatic rings. The van der Waals surface area contributed by atoms with Crippen LogP contribution in [0, 0.1) is 18.3 Å². The monoisotopic (exact) mass is 235 g/mol. The van der Waals surface area contributed by atoms with E-state index in [4.69, 9.17) is 5.26 Å². The molecule has 0 spiro atoms. The summed E-state index contributed by atoms with van der Waals surface area (Å²) in [5.74, 6) is -0.574. The van der Waals surface area contributed by atoms with Gasteiger partial charge in [-0.2, -0.15) is 5.26 Å². The van der Waals surface area contributed by atoms with E-state index in [0.29, 0.717) is 5.56 Å². The molecular formula is C12H13NO4. The van der Waals surface area contributed by atoms with Gasteiger partial charge in [0.05, 0.1) is 11.6 Å². The third-order valence-electron chi connectivity index (χ3n) is 2.51. The average Bonchev–Trinajstić information content (AvgIpc) is 2.29. The Morgan fingerprint density at radius 2 is 2.00 bits per heavy atom. The number of rotatable bonds is 3. The molecule has 0 bridgehead atoms. The number of phenolic OH excluding ortho intramolecular Hbond substituents is 1. The standard InChI is InChI=1S/C12H13NO4/c1-6-3-9(7(2)14)10(15)4-8(6)12(17)11(16)5-13/h3-4,11-12,15-17H,1-2H3. The van der Waals surface area contributed by atoms with Crippen LogP contribution in [0.5, 0.6) is 5.75 Å². The fourth-order valence-electron chi connectivity index (χ4n) is 1.55. The lowest BCUT2D eigenvalue weighted by molar-refractivity contribution is 0.0522. The molecule has 0 aliphatic carbocycles. The third kappa shape index (κ3) is 2.61. The summed E-state index contributed by atoms with van der Waals surface area (Å²) in [5, 5.41) is 37.0. The summed E-state index contributed by atoms with van der Waals surface area (Å²) in [6, 6.07) is 4.11. The molecule has 1 aromatic carbocycles. The van der Waals surface area contributed by atoms with Crippen LogP contribution in [0.15, 0.2) is 12.1 Å². The van der Waals surface area contributed by atoms with Crippen molar-refractivity contribution in [3.63, 3.8) is 0 Å². The molecule has 0 saturated carbocycles. The SMILES string of the molecule is CC(=O)c1cc(C)c(C(O)C(O)C#N)cc1O. The summed E-state index contributed by atoms with van der Waals surface area (Å²) in [4.78, 5) is 11.2. The number of nitriles is 1. The van der Waals surface area contributed by atoms with Gasteiger partial charge in [-0.15, -0.1) is 0 Å². The molecule has 0 aromatic heterocycles. The maximum absolute atomic E-state index is 11.2. The highest BCUT2D eigenvalue weighted by atomic mass is 16.3. The van der Waals surface area contributed by atoms with Crippen LogP contribution in [-0.2, 0) is 0 Å². The number of aliphatic hydroxyl groups is 2. The van der Waals surface area contributed by atoms with Crippen molar-refractivity contribution in [1.29, 1.82) is 5.26 Å². The lowest BCUT2D eigenvalue weighted by Crippen LogP contribution is -2.17. The Hall–Kier alpha value is -1.90. The first-order valence-corrected chi connectivity index (χ1v) is 4.98. The molecule has 0 heterocycles. The Labute approximate surface area is 98.6 Å². The number of benzene rings is 1. The number of aromatic hydroxyl groups is 1. The number of phenols is 1. The van der Waals surface area contributed by atoms with Gasteiger partial charge in [-0.05, 0) is 37.1 Å². The second-order valence-corrected chi connectivity index (χ2v) is 3.80. The minimum absolute atomic E-state index is 0.143. The topological polar surface area (TPSA) is 102 Å².